The second kappa shape index (κ2) is 6.68. The summed E-state index contributed by atoms with van der Waals surface area (Å²) in [5.41, 5.74) is 3.82. The fourth-order valence-electron chi connectivity index (χ4n) is 2.53. The Labute approximate surface area is 147 Å². The third-order valence-electron chi connectivity index (χ3n) is 3.78. The predicted molar refractivity (Wildman–Crippen MR) is 98.1 cm³/mol. The van der Waals surface area contributed by atoms with Gasteiger partial charge in [0.2, 0.25) is 0 Å². The molecule has 0 atom stereocenters. The zero-order valence-electron chi connectivity index (χ0n) is 14.4. The number of anilines is 1. The SMILES string of the molecule is Cc1cc(NCc2cnn(C)c2)nc(-c2ccc(S(C)(=O)=O)cc2)c1. The maximum Gasteiger partial charge on any atom is 0.175 e. The van der Waals surface area contributed by atoms with Crippen LogP contribution in [0.2, 0.25) is 0 Å². The molecule has 25 heavy (non-hydrogen) atoms. The highest BCUT2D eigenvalue weighted by atomic mass is 32.2. The number of pyridine rings is 1. The molecule has 3 aromatic rings. The Morgan fingerprint density at radius 2 is 1.88 bits per heavy atom. The number of rotatable bonds is 5. The van der Waals surface area contributed by atoms with E-state index in [4.69, 9.17) is 0 Å². The smallest absolute Gasteiger partial charge is 0.175 e. The summed E-state index contributed by atoms with van der Waals surface area (Å²) in [7, 11) is -1.31. The van der Waals surface area contributed by atoms with Crippen LogP contribution in [0.1, 0.15) is 11.1 Å². The molecule has 2 heterocycles. The van der Waals surface area contributed by atoms with E-state index in [0.717, 1.165) is 28.2 Å². The molecule has 3 rings (SSSR count). The average molecular weight is 356 g/mol. The highest BCUT2D eigenvalue weighted by Crippen LogP contribution is 2.23. The zero-order chi connectivity index (χ0) is 18.0. The van der Waals surface area contributed by atoms with Crippen molar-refractivity contribution >= 4 is 15.7 Å². The van der Waals surface area contributed by atoms with Gasteiger partial charge < -0.3 is 5.32 Å². The molecule has 130 valence electrons. The van der Waals surface area contributed by atoms with E-state index in [2.05, 4.69) is 15.4 Å². The predicted octanol–water partition coefficient (Wildman–Crippen LogP) is 2.81. The third-order valence-corrected chi connectivity index (χ3v) is 4.91. The molecule has 0 saturated heterocycles. The van der Waals surface area contributed by atoms with Crippen molar-refractivity contribution in [2.75, 3.05) is 11.6 Å². The minimum Gasteiger partial charge on any atom is -0.366 e. The highest BCUT2D eigenvalue weighted by Gasteiger charge is 2.08. The number of hydrogen-bond donors (Lipinski definition) is 1. The number of hydrogen-bond acceptors (Lipinski definition) is 5. The van der Waals surface area contributed by atoms with Gasteiger partial charge in [0.05, 0.1) is 16.8 Å². The van der Waals surface area contributed by atoms with E-state index < -0.39 is 9.84 Å². The van der Waals surface area contributed by atoms with Gasteiger partial charge in [-0.3, -0.25) is 4.68 Å². The van der Waals surface area contributed by atoms with Crippen molar-refractivity contribution in [1.29, 1.82) is 0 Å². The molecule has 0 saturated carbocycles. The van der Waals surface area contributed by atoms with Crippen LogP contribution >= 0.6 is 0 Å². The molecule has 0 radical (unpaired) electrons. The van der Waals surface area contributed by atoms with E-state index in [9.17, 15) is 8.42 Å². The van der Waals surface area contributed by atoms with Crippen LogP contribution in [0.25, 0.3) is 11.3 Å². The first-order valence-corrected chi connectivity index (χ1v) is 9.71. The quantitative estimate of drug-likeness (QED) is 0.761. The van der Waals surface area contributed by atoms with Crippen molar-refractivity contribution in [1.82, 2.24) is 14.8 Å². The summed E-state index contributed by atoms with van der Waals surface area (Å²) in [5, 5.41) is 7.45. The molecule has 1 N–H and O–H groups in total. The van der Waals surface area contributed by atoms with Gasteiger partial charge in [-0.05, 0) is 36.8 Å². The summed E-state index contributed by atoms with van der Waals surface area (Å²) in [6.45, 7) is 2.64. The van der Waals surface area contributed by atoms with Gasteiger partial charge >= 0.3 is 0 Å². The summed E-state index contributed by atoms with van der Waals surface area (Å²) in [6.07, 6.45) is 4.97. The van der Waals surface area contributed by atoms with Crippen molar-refractivity contribution in [3.63, 3.8) is 0 Å². The molecule has 1 aromatic carbocycles. The van der Waals surface area contributed by atoms with Crippen molar-refractivity contribution in [2.45, 2.75) is 18.4 Å². The van der Waals surface area contributed by atoms with Crippen LogP contribution in [0.4, 0.5) is 5.82 Å². The Balaban J connectivity index is 1.83. The zero-order valence-corrected chi connectivity index (χ0v) is 15.2. The first-order chi connectivity index (χ1) is 11.8. The number of nitrogens with zero attached hydrogens (tertiary/aromatic N) is 3. The van der Waals surface area contributed by atoms with Crippen LogP contribution in [0.3, 0.4) is 0 Å². The number of aryl methyl sites for hydroxylation is 2. The van der Waals surface area contributed by atoms with E-state index in [1.165, 1.54) is 6.26 Å². The molecule has 0 unspecified atom stereocenters. The van der Waals surface area contributed by atoms with Crippen LogP contribution in [0, 0.1) is 6.92 Å². The minimum atomic E-state index is -3.20. The topological polar surface area (TPSA) is 76.9 Å². The first kappa shape index (κ1) is 17.2. The molecule has 2 aromatic heterocycles. The fraction of sp³-hybridized carbons (Fsp3) is 0.222. The van der Waals surface area contributed by atoms with E-state index >= 15 is 0 Å². The minimum absolute atomic E-state index is 0.304. The Morgan fingerprint density at radius 3 is 2.48 bits per heavy atom. The highest BCUT2D eigenvalue weighted by molar-refractivity contribution is 7.90. The molecule has 7 heteroatoms. The molecule has 0 aliphatic heterocycles. The normalized spacial score (nSPS) is 11.5. The number of aromatic nitrogens is 3. The molecule has 0 spiro atoms. The molecule has 0 fully saturated rings. The molecule has 0 aliphatic carbocycles. The standard InChI is InChI=1S/C18H20N4O2S/c1-13-8-17(15-4-6-16(7-5-15)25(3,23)24)21-18(9-13)19-10-14-11-20-22(2)12-14/h4-9,11-12H,10H2,1-3H3,(H,19,21). The van der Waals surface area contributed by atoms with Gasteiger partial charge in [0.1, 0.15) is 5.82 Å². The molecule has 0 bridgehead atoms. The van der Waals surface area contributed by atoms with E-state index in [0.29, 0.717) is 11.4 Å². The van der Waals surface area contributed by atoms with Crippen LogP contribution in [-0.2, 0) is 23.4 Å². The van der Waals surface area contributed by atoms with Crippen LogP contribution in [-0.4, -0.2) is 29.4 Å². The lowest BCUT2D eigenvalue weighted by molar-refractivity contribution is 0.602. The van der Waals surface area contributed by atoms with Crippen molar-refractivity contribution in [3.05, 3.63) is 59.9 Å². The average Bonchev–Trinajstić information content (AvgIpc) is 2.97. The molecule has 0 aliphatic rings. The van der Waals surface area contributed by atoms with Crippen LogP contribution in [0.5, 0.6) is 0 Å². The summed E-state index contributed by atoms with van der Waals surface area (Å²) in [4.78, 5) is 4.93. The van der Waals surface area contributed by atoms with E-state index in [1.807, 2.05) is 38.5 Å². The van der Waals surface area contributed by atoms with Gasteiger partial charge in [0.25, 0.3) is 0 Å². The maximum atomic E-state index is 11.6. The lowest BCUT2D eigenvalue weighted by atomic mass is 10.1. The van der Waals surface area contributed by atoms with Crippen LogP contribution in [0.15, 0.2) is 53.7 Å². The second-order valence-corrected chi connectivity index (χ2v) is 8.10. The summed E-state index contributed by atoms with van der Waals surface area (Å²) in [5.74, 6) is 0.769. The van der Waals surface area contributed by atoms with E-state index in [1.54, 1.807) is 28.9 Å². The molecule has 6 nitrogen and oxygen atoms in total. The fourth-order valence-corrected chi connectivity index (χ4v) is 3.16. The van der Waals surface area contributed by atoms with Gasteiger partial charge in [-0.2, -0.15) is 5.10 Å². The van der Waals surface area contributed by atoms with Gasteiger partial charge in [-0.15, -0.1) is 0 Å². The molecular formula is C18H20N4O2S. The lowest BCUT2D eigenvalue weighted by Gasteiger charge is -2.09. The van der Waals surface area contributed by atoms with Gasteiger partial charge in [0, 0.05) is 37.2 Å². The largest absolute Gasteiger partial charge is 0.366 e. The summed E-state index contributed by atoms with van der Waals surface area (Å²) >= 11 is 0. The number of sulfone groups is 1. The Bertz CT molecular complexity index is 992. The lowest BCUT2D eigenvalue weighted by Crippen LogP contribution is -2.02. The Kier molecular flexibility index (Phi) is 4.59. The third kappa shape index (κ3) is 4.24. The molecular weight excluding hydrogens is 336 g/mol. The maximum absolute atomic E-state index is 11.6. The monoisotopic (exact) mass is 356 g/mol. The number of benzene rings is 1. The Morgan fingerprint density at radius 1 is 1.16 bits per heavy atom. The van der Waals surface area contributed by atoms with E-state index in [-0.39, 0.29) is 0 Å². The first-order valence-electron chi connectivity index (χ1n) is 7.82. The van der Waals surface area contributed by atoms with Crippen molar-refractivity contribution in [2.24, 2.45) is 7.05 Å². The van der Waals surface area contributed by atoms with Gasteiger partial charge in [0.15, 0.2) is 9.84 Å². The summed E-state index contributed by atoms with van der Waals surface area (Å²) in [6, 6.07) is 10.7. The number of nitrogens with one attached hydrogen (secondary N) is 1. The van der Waals surface area contributed by atoms with Gasteiger partial charge in [-0.1, -0.05) is 12.1 Å². The van der Waals surface area contributed by atoms with Crippen molar-refractivity contribution < 1.29 is 8.42 Å². The van der Waals surface area contributed by atoms with Crippen LogP contribution < -0.4 is 5.32 Å². The van der Waals surface area contributed by atoms with Crippen molar-refractivity contribution in [3.8, 4) is 11.3 Å². The van der Waals surface area contributed by atoms with Gasteiger partial charge in [-0.25, -0.2) is 13.4 Å². The second-order valence-electron chi connectivity index (χ2n) is 6.09. The summed E-state index contributed by atoms with van der Waals surface area (Å²) < 4.78 is 24.9. The Hall–Kier alpha value is -2.67. The molecule has 0 amide bonds.